The van der Waals surface area contributed by atoms with Crippen molar-refractivity contribution in [3.8, 4) is 0 Å². The molecule has 1 saturated heterocycles. The minimum atomic E-state index is 0.270. The third-order valence-corrected chi connectivity index (χ3v) is 4.46. The highest BCUT2D eigenvalue weighted by atomic mass is 32.2. The molecule has 0 aliphatic carbocycles. The fourth-order valence-electron chi connectivity index (χ4n) is 2.74. The Morgan fingerprint density at radius 2 is 2.11 bits per heavy atom. The van der Waals surface area contributed by atoms with E-state index in [9.17, 15) is 4.79 Å². The average Bonchev–Trinajstić information content (AvgIpc) is 2.90. The van der Waals surface area contributed by atoms with Crippen molar-refractivity contribution in [2.24, 2.45) is 11.7 Å². The van der Waals surface area contributed by atoms with Crippen LogP contribution in [0.1, 0.15) is 17.9 Å². The fraction of sp³-hybridized carbons (Fsp3) is 0.533. The van der Waals surface area contributed by atoms with Crippen molar-refractivity contribution in [2.45, 2.75) is 12.3 Å². The van der Waals surface area contributed by atoms with Gasteiger partial charge in [0, 0.05) is 31.2 Å². The van der Waals surface area contributed by atoms with Gasteiger partial charge in [-0.15, -0.1) is 0 Å². The Morgan fingerprint density at radius 1 is 1.37 bits per heavy atom. The number of benzene rings is 1. The number of rotatable bonds is 5. The highest BCUT2D eigenvalue weighted by Crippen LogP contribution is 2.32. The van der Waals surface area contributed by atoms with E-state index in [1.807, 2.05) is 17.2 Å². The number of hydrogen-bond acceptors (Lipinski definition) is 3. The van der Waals surface area contributed by atoms with E-state index in [0.29, 0.717) is 24.8 Å². The lowest BCUT2D eigenvalue weighted by atomic mass is 9.89. The van der Waals surface area contributed by atoms with Crippen LogP contribution < -0.4 is 5.73 Å². The largest absolute Gasteiger partial charge is 0.342 e. The van der Waals surface area contributed by atoms with E-state index >= 15 is 0 Å². The number of carbonyl (C=O) groups excluding carboxylic acids is 1. The molecule has 0 unspecified atom stereocenters. The van der Waals surface area contributed by atoms with Crippen molar-refractivity contribution >= 4 is 17.7 Å². The van der Waals surface area contributed by atoms with Gasteiger partial charge >= 0.3 is 0 Å². The SMILES string of the molecule is CSCCC(=O)N1C[C@@H](CN)[C@H](c2ccccc2)C1. The molecular formula is C15H22N2OS. The van der Waals surface area contributed by atoms with E-state index in [1.54, 1.807) is 11.8 Å². The third-order valence-electron chi connectivity index (χ3n) is 3.84. The van der Waals surface area contributed by atoms with Gasteiger partial charge in [-0.25, -0.2) is 0 Å². The molecule has 1 aliphatic rings. The summed E-state index contributed by atoms with van der Waals surface area (Å²) in [6.45, 7) is 2.27. The minimum Gasteiger partial charge on any atom is -0.342 e. The first kappa shape index (κ1) is 14.4. The smallest absolute Gasteiger partial charge is 0.223 e. The Kier molecular flexibility index (Phi) is 5.28. The van der Waals surface area contributed by atoms with Crippen LogP contribution in [-0.2, 0) is 4.79 Å². The topological polar surface area (TPSA) is 46.3 Å². The molecule has 0 radical (unpaired) electrons. The maximum atomic E-state index is 12.1. The van der Waals surface area contributed by atoms with Crippen LogP contribution in [0.4, 0.5) is 0 Å². The van der Waals surface area contributed by atoms with Crippen LogP contribution in [0.15, 0.2) is 30.3 Å². The summed E-state index contributed by atoms with van der Waals surface area (Å²) in [4.78, 5) is 14.1. The van der Waals surface area contributed by atoms with Crippen molar-refractivity contribution in [1.82, 2.24) is 4.90 Å². The molecular weight excluding hydrogens is 256 g/mol. The first-order valence-corrected chi connectivity index (χ1v) is 8.17. The molecule has 0 spiro atoms. The molecule has 1 aliphatic heterocycles. The zero-order valence-electron chi connectivity index (χ0n) is 11.4. The zero-order valence-corrected chi connectivity index (χ0v) is 12.2. The van der Waals surface area contributed by atoms with Crippen LogP contribution in [0.2, 0.25) is 0 Å². The second-order valence-electron chi connectivity index (χ2n) is 5.05. The number of nitrogens with zero attached hydrogens (tertiary/aromatic N) is 1. The number of likely N-dealkylation sites (tertiary alicyclic amines) is 1. The predicted octanol–water partition coefficient (Wildman–Crippen LogP) is 1.94. The maximum absolute atomic E-state index is 12.1. The van der Waals surface area contributed by atoms with Gasteiger partial charge in [0.25, 0.3) is 0 Å². The Balaban J connectivity index is 2.04. The van der Waals surface area contributed by atoms with Crippen LogP contribution in [0.3, 0.4) is 0 Å². The molecule has 2 N–H and O–H groups in total. The molecule has 1 aromatic rings. The summed E-state index contributed by atoms with van der Waals surface area (Å²) in [6.07, 6.45) is 2.67. The van der Waals surface area contributed by atoms with Gasteiger partial charge in [0.1, 0.15) is 0 Å². The monoisotopic (exact) mass is 278 g/mol. The van der Waals surface area contributed by atoms with E-state index in [4.69, 9.17) is 5.73 Å². The average molecular weight is 278 g/mol. The van der Waals surface area contributed by atoms with Gasteiger partial charge in [-0.1, -0.05) is 30.3 Å². The van der Waals surface area contributed by atoms with Crippen LogP contribution in [0, 0.1) is 5.92 Å². The lowest BCUT2D eigenvalue weighted by Crippen LogP contribution is -2.30. The molecule has 3 nitrogen and oxygen atoms in total. The van der Waals surface area contributed by atoms with Gasteiger partial charge in [-0.05, 0) is 24.3 Å². The van der Waals surface area contributed by atoms with Crippen LogP contribution in [0.25, 0.3) is 0 Å². The summed E-state index contributed by atoms with van der Waals surface area (Å²) >= 11 is 1.72. The van der Waals surface area contributed by atoms with E-state index in [0.717, 1.165) is 18.8 Å². The fourth-order valence-corrected chi connectivity index (χ4v) is 3.12. The molecule has 1 heterocycles. The molecule has 0 aromatic heterocycles. The number of hydrogen-bond donors (Lipinski definition) is 1. The number of amides is 1. The third kappa shape index (κ3) is 3.51. The quantitative estimate of drug-likeness (QED) is 0.895. The molecule has 2 atom stereocenters. The van der Waals surface area contributed by atoms with Crippen molar-refractivity contribution in [1.29, 1.82) is 0 Å². The van der Waals surface area contributed by atoms with Gasteiger partial charge in [0.2, 0.25) is 5.91 Å². The van der Waals surface area contributed by atoms with E-state index in [2.05, 4.69) is 24.3 Å². The van der Waals surface area contributed by atoms with Crippen molar-refractivity contribution < 1.29 is 4.79 Å². The summed E-state index contributed by atoms with van der Waals surface area (Å²) in [5.41, 5.74) is 7.19. The van der Waals surface area contributed by atoms with Gasteiger partial charge < -0.3 is 10.6 Å². The summed E-state index contributed by atoms with van der Waals surface area (Å²) in [7, 11) is 0. The molecule has 0 saturated carbocycles. The van der Waals surface area contributed by atoms with Crippen LogP contribution in [-0.4, -0.2) is 42.4 Å². The molecule has 0 bridgehead atoms. The zero-order chi connectivity index (χ0) is 13.7. The highest BCUT2D eigenvalue weighted by Gasteiger charge is 2.34. The van der Waals surface area contributed by atoms with Crippen LogP contribution >= 0.6 is 11.8 Å². The molecule has 19 heavy (non-hydrogen) atoms. The summed E-state index contributed by atoms with van der Waals surface area (Å²) in [6, 6.07) is 10.4. The lowest BCUT2D eigenvalue weighted by Gasteiger charge is -2.16. The van der Waals surface area contributed by atoms with E-state index in [1.165, 1.54) is 5.56 Å². The second kappa shape index (κ2) is 6.96. The number of nitrogens with two attached hydrogens (primary N) is 1. The number of thioether (sulfide) groups is 1. The molecule has 2 rings (SSSR count). The first-order chi connectivity index (χ1) is 9.26. The summed E-state index contributed by atoms with van der Waals surface area (Å²) in [5.74, 6) is 1.95. The molecule has 4 heteroatoms. The summed E-state index contributed by atoms with van der Waals surface area (Å²) in [5, 5.41) is 0. The molecule has 104 valence electrons. The van der Waals surface area contributed by atoms with Gasteiger partial charge in [-0.3, -0.25) is 4.79 Å². The normalized spacial score (nSPS) is 22.7. The molecule has 1 aromatic carbocycles. The van der Waals surface area contributed by atoms with Crippen molar-refractivity contribution in [3.63, 3.8) is 0 Å². The van der Waals surface area contributed by atoms with Gasteiger partial charge in [0.05, 0.1) is 0 Å². The van der Waals surface area contributed by atoms with Crippen molar-refractivity contribution in [2.75, 3.05) is 31.6 Å². The Labute approximate surface area is 119 Å². The van der Waals surface area contributed by atoms with E-state index in [-0.39, 0.29) is 5.91 Å². The Bertz CT molecular complexity index is 410. The lowest BCUT2D eigenvalue weighted by molar-refractivity contribution is -0.129. The minimum absolute atomic E-state index is 0.270. The van der Waals surface area contributed by atoms with Crippen molar-refractivity contribution in [3.05, 3.63) is 35.9 Å². The first-order valence-electron chi connectivity index (χ1n) is 6.78. The van der Waals surface area contributed by atoms with E-state index < -0.39 is 0 Å². The standard InChI is InChI=1S/C15H22N2OS/c1-19-8-7-15(18)17-10-13(9-16)14(11-17)12-5-3-2-4-6-12/h2-6,13-14H,7-11,16H2,1H3/t13-,14+/m1/s1. The molecule has 1 amide bonds. The summed E-state index contributed by atoms with van der Waals surface area (Å²) < 4.78 is 0. The van der Waals surface area contributed by atoms with Gasteiger partial charge in [-0.2, -0.15) is 11.8 Å². The predicted molar refractivity (Wildman–Crippen MR) is 81.3 cm³/mol. The Hall–Kier alpha value is -1.00. The Morgan fingerprint density at radius 3 is 2.74 bits per heavy atom. The number of carbonyl (C=O) groups is 1. The van der Waals surface area contributed by atoms with Crippen LogP contribution in [0.5, 0.6) is 0 Å². The van der Waals surface area contributed by atoms with Gasteiger partial charge in [0.15, 0.2) is 0 Å². The highest BCUT2D eigenvalue weighted by molar-refractivity contribution is 7.98. The maximum Gasteiger partial charge on any atom is 0.223 e. The second-order valence-corrected chi connectivity index (χ2v) is 6.04. The molecule has 1 fully saturated rings.